The van der Waals surface area contributed by atoms with Crippen molar-refractivity contribution in [2.75, 3.05) is 38.6 Å². The molecule has 3 heteroatoms. The molecule has 0 aliphatic carbocycles. The van der Waals surface area contributed by atoms with E-state index in [1.165, 1.54) is 18.7 Å². The number of thioether (sulfide) groups is 1. The highest BCUT2D eigenvalue weighted by Crippen LogP contribution is 2.27. The van der Waals surface area contributed by atoms with Crippen LogP contribution < -0.4 is 0 Å². The molecule has 0 atom stereocenters. The minimum absolute atomic E-state index is 0.451. The Kier molecular flexibility index (Phi) is 5.28. The van der Waals surface area contributed by atoms with Crippen molar-refractivity contribution in [1.29, 1.82) is 0 Å². The van der Waals surface area contributed by atoms with Gasteiger partial charge in [-0.1, -0.05) is 20.8 Å². The monoisotopic (exact) mass is 217 g/mol. The fraction of sp³-hybridized carbons (Fsp3) is 1.00. The van der Waals surface area contributed by atoms with E-state index >= 15 is 0 Å². The highest BCUT2D eigenvalue weighted by molar-refractivity contribution is 8.00. The molecule has 0 aromatic heterocycles. The second kappa shape index (κ2) is 5.99. The Labute approximate surface area is 92.4 Å². The highest BCUT2D eigenvalue weighted by atomic mass is 32.2. The normalized spacial score (nSPS) is 19.9. The summed E-state index contributed by atoms with van der Waals surface area (Å²) >= 11 is 2.09. The number of rotatable bonds is 5. The van der Waals surface area contributed by atoms with Gasteiger partial charge in [0.1, 0.15) is 0 Å². The smallest absolute Gasteiger partial charge is 0.0594 e. The summed E-state index contributed by atoms with van der Waals surface area (Å²) in [4.78, 5) is 2.50. The van der Waals surface area contributed by atoms with Crippen LogP contribution in [0.15, 0.2) is 0 Å². The van der Waals surface area contributed by atoms with Crippen molar-refractivity contribution < 1.29 is 4.74 Å². The molecule has 1 aliphatic rings. The lowest BCUT2D eigenvalue weighted by Crippen LogP contribution is -2.38. The lowest BCUT2D eigenvalue weighted by molar-refractivity contribution is 0.0410. The lowest BCUT2D eigenvalue weighted by atomic mass is 10.1. The predicted octanol–water partition coefficient (Wildman–Crippen LogP) is 2.24. The van der Waals surface area contributed by atoms with E-state index in [4.69, 9.17) is 4.74 Å². The molecule has 0 radical (unpaired) electrons. The summed E-state index contributed by atoms with van der Waals surface area (Å²) in [5.74, 6) is 1.25. The first-order valence-electron chi connectivity index (χ1n) is 5.58. The largest absolute Gasteiger partial charge is 0.379 e. The van der Waals surface area contributed by atoms with Gasteiger partial charge >= 0.3 is 0 Å². The van der Waals surface area contributed by atoms with E-state index < -0.39 is 0 Å². The lowest BCUT2D eigenvalue weighted by Gasteiger charge is -2.28. The van der Waals surface area contributed by atoms with E-state index in [1.807, 2.05) is 0 Å². The quantitative estimate of drug-likeness (QED) is 0.701. The third kappa shape index (κ3) is 4.67. The Morgan fingerprint density at radius 2 is 1.93 bits per heavy atom. The molecule has 0 aromatic rings. The molecule has 0 amide bonds. The molecule has 0 saturated carbocycles. The third-order valence-corrected chi connectivity index (χ3v) is 4.31. The van der Waals surface area contributed by atoms with Gasteiger partial charge in [0.25, 0.3) is 0 Å². The second-order valence-corrected chi connectivity index (χ2v) is 6.22. The summed E-state index contributed by atoms with van der Waals surface area (Å²) in [6.07, 6.45) is 1.25. The van der Waals surface area contributed by atoms with Gasteiger partial charge < -0.3 is 4.74 Å². The maximum Gasteiger partial charge on any atom is 0.0594 e. The van der Waals surface area contributed by atoms with Crippen LogP contribution in [0, 0.1) is 0 Å². The van der Waals surface area contributed by atoms with E-state index in [2.05, 4.69) is 37.4 Å². The van der Waals surface area contributed by atoms with Crippen molar-refractivity contribution in [3.05, 3.63) is 0 Å². The third-order valence-electron chi connectivity index (χ3n) is 2.86. The predicted molar refractivity (Wildman–Crippen MR) is 64.1 cm³/mol. The molecule has 14 heavy (non-hydrogen) atoms. The molecule has 1 fully saturated rings. The van der Waals surface area contributed by atoms with Gasteiger partial charge in [-0.3, -0.25) is 4.90 Å². The molecule has 1 heterocycles. The second-order valence-electron chi connectivity index (χ2n) is 4.42. The molecule has 0 spiro atoms. The zero-order valence-corrected chi connectivity index (χ0v) is 10.5. The minimum Gasteiger partial charge on any atom is -0.379 e. The van der Waals surface area contributed by atoms with Crippen LogP contribution in [0.3, 0.4) is 0 Å². The maximum absolute atomic E-state index is 5.32. The molecular weight excluding hydrogens is 194 g/mol. The van der Waals surface area contributed by atoms with Gasteiger partial charge in [0.15, 0.2) is 0 Å². The zero-order chi connectivity index (χ0) is 10.4. The van der Waals surface area contributed by atoms with Gasteiger partial charge in [0.05, 0.1) is 13.2 Å². The first kappa shape index (κ1) is 12.3. The SMILES string of the molecule is CCC(C)(C)SCCN1CCOCC1. The standard InChI is InChI=1S/C11H23NOS/c1-4-11(2,3)14-10-7-12-5-8-13-9-6-12/h4-10H2,1-3H3. The molecule has 0 bridgehead atoms. The summed E-state index contributed by atoms with van der Waals surface area (Å²) in [7, 11) is 0. The molecule has 1 rings (SSSR count). The Balaban J connectivity index is 2.08. The van der Waals surface area contributed by atoms with Crippen LogP contribution in [0.4, 0.5) is 0 Å². The van der Waals surface area contributed by atoms with Crippen LogP contribution in [0.1, 0.15) is 27.2 Å². The zero-order valence-electron chi connectivity index (χ0n) is 9.71. The molecule has 84 valence electrons. The number of hydrogen-bond donors (Lipinski definition) is 0. The Morgan fingerprint density at radius 1 is 1.29 bits per heavy atom. The molecule has 1 saturated heterocycles. The summed E-state index contributed by atoms with van der Waals surface area (Å²) in [5, 5.41) is 0. The first-order valence-corrected chi connectivity index (χ1v) is 6.57. The summed E-state index contributed by atoms with van der Waals surface area (Å²) in [6, 6.07) is 0. The van der Waals surface area contributed by atoms with Crippen LogP contribution in [0.25, 0.3) is 0 Å². The van der Waals surface area contributed by atoms with Gasteiger partial charge in [-0.2, -0.15) is 11.8 Å². The summed E-state index contributed by atoms with van der Waals surface area (Å²) in [6.45, 7) is 12.2. The van der Waals surface area contributed by atoms with Gasteiger partial charge in [-0.25, -0.2) is 0 Å². The Bertz CT molecular complexity index is 155. The molecule has 0 aromatic carbocycles. The van der Waals surface area contributed by atoms with Crippen molar-refractivity contribution in [2.45, 2.75) is 31.9 Å². The number of morpholine rings is 1. The molecule has 1 aliphatic heterocycles. The van der Waals surface area contributed by atoms with Crippen molar-refractivity contribution >= 4 is 11.8 Å². The minimum atomic E-state index is 0.451. The van der Waals surface area contributed by atoms with E-state index in [9.17, 15) is 0 Å². The van der Waals surface area contributed by atoms with Crippen molar-refractivity contribution in [3.63, 3.8) is 0 Å². The molecular formula is C11H23NOS. The van der Waals surface area contributed by atoms with Crippen LogP contribution in [-0.2, 0) is 4.74 Å². The van der Waals surface area contributed by atoms with Gasteiger partial charge in [-0.05, 0) is 6.42 Å². The fourth-order valence-corrected chi connectivity index (χ4v) is 2.48. The number of nitrogens with zero attached hydrogens (tertiary/aromatic N) is 1. The van der Waals surface area contributed by atoms with Crippen LogP contribution >= 0.6 is 11.8 Å². The fourth-order valence-electron chi connectivity index (χ4n) is 1.38. The first-order chi connectivity index (χ1) is 6.64. The van der Waals surface area contributed by atoms with E-state index in [1.54, 1.807) is 0 Å². The molecule has 0 unspecified atom stereocenters. The van der Waals surface area contributed by atoms with E-state index in [0.29, 0.717) is 4.75 Å². The topological polar surface area (TPSA) is 12.5 Å². The van der Waals surface area contributed by atoms with Gasteiger partial charge in [0.2, 0.25) is 0 Å². The van der Waals surface area contributed by atoms with Gasteiger partial charge in [0, 0.05) is 30.1 Å². The van der Waals surface area contributed by atoms with Crippen molar-refractivity contribution in [3.8, 4) is 0 Å². The van der Waals surface area contributed by atoms with Gasteiger partial charge in [-0.15, -0.1) is 0 Å². The van der Waals surface area contributed by atoms with E-state index in [0.717, 1.165) is 26.3 Å². The average molecular weight is 217 g/mol. The highest BCUT2D eigenvalue weighted by Gasteiger charge is 2.16. The summed E-state index contributed by atoms with van der Waals surface area (Å²) < 4.78 is 5.77. The Morgan fingerprint density at radius 3 is 2.50 bits per heavy atom. The average Bonchev–Trinajstić information content (AvgIpc) is 2.19. The van der Waals surface area contributed by atoms with Crippen molar-refractivity contribution in [1.82, 2.24) is 4.90 Å². The van der Waals surface area contributed by atoms with Crippen LogP contribution in [-0.4, -0.2) is 48.2 Å². The van der Waals surface area contributed by atoms with E-state index in [-0.39, 0.29) is 0 Å². The molecule has 2 nitrogen and oxygen atoms in total. The Hall–Kier alpha value is 0.270. The van der Waals surface area contributed by atoms with Crippen molar-refractivity contribution in [2.24, 2.45) is 0 Å². The van der Waals surface area contributed by atoms with Crippen LogP contribution in [0.5, 0.6) is 0 Å². The number of hydrogen-bond acceptors (Lipinski definition) is 3. The molecule has 0 N–H and O–H groups in total. The summed E-state index contributed by atoms with van der Waals surface area (Å²) in [5.41, 5.74) is 0. The number of ether oxygens (including phenoxy) is 1. The maximum atomic E-state index is 5.32. The van der Waals surface area contributed by atoms with Crippen LogP contribution in [0.2, 0.25) is 0 Å².